The van der Waals surface area contributed by atoms with Gasteiger partial charge in [-0.2, -0.15) is 34.2 Å². The first-order chi connectivity index (χ1) is 7.61. The van der Waals surface area contributed by atoms with Crippen LogP contribution in [0.3, 0.4) is 0 Å². The van der Waals surface area contributed by atoms with Crippen LogP contribution in [-0.2, 0) is 23.1 Å². The monoisotopic (exact) mass is 290 g/mol. The van der Waals surface area contributed by atoms with E-state index in [1.54, 1.807) is 0 Å². The molecule has 10 heteroatoms. The van der Waals surface area contributed by atoms with Gasteiger partial charge in [-0.25, -0.2) is 4.98 Å². The van der Waals surface area contributed by atoms with Gasteiger partial charge in [-0.05, 0) is 0 Å². The quantitative estimate of drug-likeness (QED) is 0.427. The molecular formula is C7H9F3N2O3S2. The van der Waals surface area contributed by atoms with Crippen LogP contribution in [0, 0.1) is 0 Å². The lowest BCUT2D eigenvalue weighted by molar-refractivity contribution is -0.0510. The van der Waals surface area contributed by atoms with Gasteiger partial charge in [0.15, 0.2) is 0 Å². The van der Waals surface area contributed by atoms with Crippen molar-refractivity contribution < 1.29 is 26.1 Å². The molecule has 0 spiro atoms. The van der Waals surface area contributed by atoms with E-state index < -0.39 is 15.6 Å². The van der Waals surface area contributed by atoms with Crippen molar-refractivity contribution >= 4 is 22.7 Å². The van der Waals surface area contributed by atoms with Gasteiger partial charge in [0.1, 0.15) is 5.82 Å². The molecule has 0 saturated heterocycles. The summed E-state index contributed by atoms with van der Waals surface area (Å²) >= 11 is 4.34. The topological polar surface area (TPSA) is 72.2 Å². The molecule has 0 aromatic carbocycles. The van der Waals surface area contributed by atoms with Gasteiger partial charge in [-0.15, -0.1) is 0 Å². The number of alkyl halides is 3. The summed E-state index contributed by atoms with van der Waals surface area (Å²) in [5.74, 6) is 1.18. The fourth-order valence-corrected chi connectivity index (χ4v) is 1.54. The van der Waals surface area contributed by atoms with Crippen molar-refractivity contribution in [2.24, 2.45) is 0 Å². The predicted molar refractivity (Wildman–Crippen MR) is 56.3 cm³/mol. The third kappa shape index (κ3) is 3.89. The summed E-state index contributed by atoms with van der Waals surface area (Å²) in [6.45, 7) is 1.03. The summed E-state index contributed by atoms with van der Waals surface area (Å²) in [4.78, 5) is 4.16. The van der Waals surface area contributed by atoms with Crippen molar-refractivity contribution in [2.45, 2.75) is 23.7 Å². The zero-order valence-corrected chi connectivity index (χ0v) is 10.0. The predicted octanol–water partition coefficient (Wildman–Crippen LogP) is 1.13. The van der Waals surface area contributed by atoms with Crippen molar-refractivity contribution in [3.63, 3.8) is 0 Å². The average Bonchev–Trinajstić information content (AvgIpc) is 2.60. The summed E-state index contributed by atoms with van der Waals surface area (Å²) < 4.78 is 59.7. The van der Waals surface area contributed by atoms with Crippen LogP contribution in [-0.4, -0.2) is 33.3 Å². The molecule has 0 aliphatic carbocycles. The first-order valence-corrected chi connectivity index (χ1v) is 6.28. The Morgan fingerprint density at radius 3 is 2.47 bits per heavy atom. The number of aromatic nitrogens is 2. The van der Waals surface area contributed by atoms with Crippen LogP contribution in [0.1, 0.15) is 5.82 Å². The maximum Gasteiger partial charge on any atom is 0.522 e. The lowest BCUT2D eigenvalue weighted by Gasteiger charge is -1.97. The highest BCUT2D eigenvalue weighted by Gasteiger charge is 2.44. The molecule has 1 unspecified atom stereocenters. The molecule has 1 atom stereocenters. The molecule has 1 N–H and O–H groups in total. The van der Waals surface area contributed by atoms with E-state index in [2.05, 4.69) is 22.2 Å². The third-order valence-corrected chi connectivity index (χ3v) is 2.85. The van der Waals surface area contributed by atoms with Gasteiger partial charge >= 0.3 is 15.6 Å². The van der Waals surface area contributed by atoms with Crippen LogP contribution in [0.25, 0.3) is 0 Å². The Bertz CT molecular complexity index is 462. The van der Waals surface area contributed by atoms with Gasteiger partial charge in [0, 0.05) is 30.6 Å². The molecule has 1 aromatic heterocycles. The second-order valence-electron chi connectivity index (χ2n) is 3.27. The second kappa shape index (κ2) is 4.86. The number of hydrogen-bond acceptors (Lipinski definition) is 4. The minimum atomic E-state index is -5.84. The van der Waals surface area contributed by atoms with Gasteiger partial charge < -0.3 is 4.57 Å². The molecule has 5 nitrogen and oxygen atoms in total. The average molecular weight is 290 g/mol. The highest BCUT2D eigenvalue weighted by atomic mass is 32.2. The molecule has 17 heavy (non-hydrogen) atoms. The van der Waals surface area contributed by atoms with Crippen molar-refractivity contribution in [1.82, 2.24) is 9.55 Å². The number of thiol groups is 1. The van der Waals surface area contributed by atoms with Crippen molar-refractivity contribution in [2.75, 3.05) is 0 Å². The summed E-state index contributed by atoms with van der Waals surface area (Å²) in [6, 6.07) is 0. The second-order valence-corrected chi connectivity index (χ2v) is 5.42. The van der Waals surface area contributed by atoms with E-state index in [-0.39, 0.29) is 0 Å². The number of rotatable bonds is 0. The van der Waals surface area contributed by atoms with Gasteiger partial charge in [0.25, 0.3) is 0 Å². The highest BCUT2D eigenvalue weighted by Crippen LogP contribution is 2.20. The molecule has 0 amide bonds. The Labute approximate surface area is 101 Å². The fraction of sp³-hybridized carbons (Fsp3) is 0.571. The minimum Gasteiger partial charge on any atom is -0.334 e. The molecule has 0 fully saturated rings. The normalized spacial score (nSPS) is 19.5. The molecule has 1 aliphatic heterocycles. The Morgan fingerprint density at radius 1 is 1.53 bits per heavy atom. The van der Waals surface area contributed by atoms with Crippen LogP contribution < -0.4 is 0 Å². The van der Waals surface area contributed by atoms with E-state index >= 15 is 0 Å². The molecule has 2 heterocycles. The minimum absolute atomic E-state index is 0.494. The van der Waals surface area contributed by atoms with E-state index in [0.717, 1.165) is 13.0 Å². The third-order valence-electron chi connectivity index (χ3n) is 1.92. The smallest absolute Gasteiger partial charge is 0.334 e. The Kier molecular flexibility index (Phi) is 4.10. The van der Waals surface area contributed by atoms with Crippen LogP contribution in [0.5, 0.6) is 0 Å². The van der Waals surface area contributed by atoms with Crippen molar-refractivity contribution in [3.8, 4) is 0 Å². The lowest BCUT2D eigenvalue weighted by atomic mass is 10.3. The number of fused-ring (bicyclic) bond motifs is 1. The van der Waals surface area contributed by atoms with E-state index in [0.29, 0.717) is 5.25 Å². The van der Waals surface area contributed by atoms with Gasteiger partial charge in [-0.1, -0.05) is 0 Å². The summed E-state index contributed by atoms with van der Waals surface area (Å²) in [5, 5.41) is 0.494. The number of imidazole rings is 1. The van der Waals surface area contributed by atoms with Gasteiger partial charge in [-0.3, -0.25) is 4.55 Å². The highest BCUT2D eigenvalue weighted by molar-refractivity contribution is 7.86. The van der Waals surface area contributed by atoms with Crippen LogP contribution >= 0.6 is 12.6 Å². The Balaban J connectivity index is 0.000000172. The maximum atomic E-state index is 10.7. The lowest BCUT2D eigenvalue weighted by Crippen LogP contribution is -2.21. The largest absolute Gasteiger partial charge is 0.522 e. The van der Waals surface area contributed by atoms with Crippen molar-refractivity contribution in [3.05, 3.63) is 18.2 Å². The zero-order chi connectivity index (χ0) is 13.3. The maximum absolute atomic E-state index is 10.7. The summed E-state index contributed by atoms with van der Waals surface area (Å²) in [6.07, 6.45) is 4.87. The number of nitrogens with zero attached hydrogens (tertiary/aromatic N) is 2. The molecule has 2 rings (SSSR count). The van der Waals surface area contributed by atoms with E-state index in [1.165, 1.54) is 5.82 Å². The summed E-state index contributed by atoms with van der Waals surface area (Å²) in [5.41, 5.74) is -5.53. The molecular weight excluding hydrogens is 281 g/mol. The Morgan fingerprint density at radius 2 is 2.06 bits per heavy atom. The Hall–Kier alpha value is -0.740. The molecule has 0 saturated carbocycles. The number of hydrogen-bond donors (Lipinski definition) is 2. The van der Waals surface area contributed by atoms with Gasteiger partial charge in [0.2, 0.25) is 0 Å². The molecule has 1 aromatic rings. The molecule has 0 radical (unpaired) electrons. The van der Waals surface area contributed by atoms with E-state index in [4.69, 9.17) is 13.0 Å². The summed E-state index contributed by atoms with van der Waals surface area (Å²) in [7, 11) is -5.84. The standard InChI is InChI=1S/C6H8N2S.CHF3O3S/c9-5-3-6-7-1-2-8(6)4-5;2-1(3,4)8(5,6)7/h1-2,5,9H,3-4H2;(H,5,6,7). The van der Waals surface area contributed by atoms with Gasteiger partial charge in [0.05, 0.1) is 0 Å². The molecule has 98 valence electrons. The van der Waals surface area contributed by atoms with Crippen molar-refractivity contribution in [1.29, 1.82) is 0 Å². The van der Waals surface area contributed by atoms with E-state index in [9.17, 15) is 13.2 Å². The van der Waals surface area contributed by atoms with E-state index in [1.807, 2.05) is 12.4 Å². The zero-order valence-electron chi connectivity index (χ0n) is 8.29. The number of halogens is 3. The van der Waals surface area contributed by atoms with Crippen LogP contribution in [0.2, 0.25) is 0 Å². The SMILES string of the molecule is O=S(=O)(O)C(F)(F)F.SC1Cc2nccn2C1. The molecule has 0 bridgehead atoms. The first kappa shape index (κ1) is 14.3. The molecule has 1 aliphatic rings. The fourth-order valence-electron chi connectivity index (χ4n) is 1.20. The van der Waals surface area contributed by atoms with Crippen LogP contribution in [0.4, 0.5) is 13.2 Å². The first-order valence-electron chi connectivity index (χ1n) is 4.33. The van der Waals surface area contributed by atoms with Crippen LogP contribution in [0.15, 0.2) is 12.4 Å².